The Labute approximate surface area is 231 Å². The molecular weight excluding hydrogens is 518 g/mol. The predicted molar refractivity (Wildman–Crippen MR) is 149 cm³/mol. The van der Waals surface area contributed by atoms with Gasteiger partial charge in [-0.05, 0) is 37.0 Å². The first-order chi connectivity index (χ1) is 17.1. The molecule has 13 heteroatoms. The number of carbonyl (C=O) groups excluding carboxylic acids is 4. The molecule has 37 heavy (non-hydrogen) atoms. The van der Waals surface area contributed by atoms with Crippen molar-refractivity contribution in [2.45, 2.75) is 91.0 Å². The van der Waals surface area contributed by atoms with E-state index in [0.29, 0.717) is 6.42 Å². The smallest absolute Gasteiger partial charge is 0.327 e. The van der Waals surface area contributed by atoms with Crippen molar-refractivity contribution < 1.29 is 29.1 Å². The van der Waals surface area contributed by atoms with Gasteiger partial charge in [-0.25, -0.2) is 4.79 Å². The van der Waals surface area contributed by atoms with E-state index in [2.05, 4.69) is 46.5 Å². The molecule has 0 radical (unpaired) electrons. The van der Waals surface area contributed by atoms with Crippen molar-refractivity contribution >= 4 is 54.9 Å². The molecule has 7 N–H and O–H groups in total. The zero-order valence-corrected chi connectivity index (χ0v) is 24.4. The summed E-state index contributed by atoms with van der Waals surface area (Å²) in [6.45, 7) is 11.3. The lowest BCUT2D eigenvalue weighted by Crippen LogP contribution is -2.59. The summed E-state index contributed by atoms with van der Waals surface area (Å²) < 4.78 is 0. The van der Waals surface area contributed by atoms with Crippen LogP contribution in [0.3, 0.4) is 0 Å². The van der Waals surface area contributed by atoms with Crippen molar-refractivity contribution in [3.8, 4) is 0 Å². The molecule has 0 spiro atoms. The number of aliphatic carboxylic acids is 1. The number of carboxylic acid groups (broad SMARTS) is 1. The maximum absolute atomic E-state index is 13.3. The molecule has 0 unspecified atom stereocenters. The molecule has 0 heterocycles. The van der Waals surface area contributed by atoms with Crippen LogP contribution >= 0.6 is 25.3 Å². The average molecular weight is 564 g/mol. The van der Waals surface area contributed by atoms with Gasteiger partial charge in [-0.15, -0.1) is 0 Å². The molecular formula is C24H45N5O6S2. The van der Waals surface area contributed by atoms with Gasteiger partial charge in [0.15, 0.2) is 0 Å². The second kappa shape index (κ2) is 17.5. The van der Waals surface area contributed by atoms with Gasteiger partial charge in [-0.1, -0.05) is 41.5 Å². The first-order valence-corrected chi connectivity index (χ1v) is 13.8. The minimum atomic E-state index is -1.24. The third kappa shape index (κ3) is 13.9. The second-order valence-electron chi connectivity index (χ2n) is 10.4. The fourth-order valence-corrected chi connectivity index (χ4v) is 3.89. The Kier molecular flexibility index (Phi) is 16.6. The number of nitrogens with two attached hydrogens (primary N) is 1. The van der Waals surface area contributed by atoms with E-state index in [4.69, 9.17) is 5.73 Å². The minimum absolute atomic E-state index is 0.00939. The molecule has 0 rings (SSSR count). The fraction of sp³-hybridized carbons (Fsp3) is 0.792. The van der Waals surface area contributed by atoms with Crippen molar-refractivity contribution in [1.29, 1.82) is 0 Å². The van der Waals surface area contributed by atoms with Crippen molar-refractivity contribution in [1.82, 2.24) is 21.3 Å². The molecule has 5 atom stereocenters. The van der Waals surface area contributed by atoms with Gasteiger partial charge < -0.3 is 32.1 Å². The molecule has 4 amide bonds. The topological polar surface area (TPSA) is 180 Å². The molecule has 0 saturated carbocycles. The monoisotopic (exact) mass is 563 g/mol. The number of carbonyl (C=O) groups is 5. The quantitative estimate of drug-likeness (QED) is 0.117. The summed E-state index contributed by atoms with van der Waals surface area (Å²) in [6, 6.07) is -5.01. The fourth-order valence-electron chi connectivity index (χ4n) is 3.47. The Morgan fingerprint density at radius 2 is 0.892 bits per heavy atom. The first kappa shape index (κ1) is 35.0. The van der Waals surface area contributed by atoms with E-state index in [-0.39, 0.29) is 42.1 Å². The Morgan fingerprint density at radius 1 is 0.595 bits per heavy atom. The van der Waals surface area contributed by atoms with E-state index in [1.807, 2.05) is 41.5 Å². The average Bonchev–Trinajstić information content (AvgIpc) is 2.78. The van der Waals surface area contributed by atoms with E-state index in [0.717, 1.165) is 0 Å². The third-order valence-corrected chi connectivity index (χ3v) is 6.11. The van der Waals surface area contributed by atoms with E-state index < -0.39 is 59.8 Å². The standard InChI is InChI=1S/C24H45N5O6S2/c1-12(2)7-16(26-20(30)15(25)10-36)21(31)27-17(8-13(3)4)22(32)28-18(9-14(5)6)23(33)29-19(11-37)24(34)35/h12-19,36-37H,7-11,25H2,1-6H3,(H,26,30)(H,27,31)(H,28,32)(H,29,33)(H,34,35)/t15-,16-,17-,18-,19-/m0/s1. The summed E-state index contributed by atoms with van der Waals surface area (Å²) in [4.78, 5) is 62.9. The maximum atomic E-state index is 13.3. The zero-order chi connectivity index (χ0) is 28.9. The summed E-state index contributed by atoms with van der Waals surface area (Å²) in [5, 5.41) is 19.7. The van der Waals surface area contributed by atoms with Crippen LogP contribution in [-0.4, -0.2) is 76.4 Å². The molecule has 0 aliphatic carbocycles. The number of amides is 4. The Bertz CT molecular complexity index is 781. The molecule has 0 aromatic rings. The summed E-state index contributed by atoms with van der Waals surface area (Å²) in [6.07, 6.45) is 0.860. The van der Waals surface area contributed by atoms with Gasteiger partial charge in [-0.2, -0.15) is 25.3 Å². The summed E-state index contributed by atoms with van der Waals surface area (Å²) in [5.41, 5.74) is 5.73. The number of nitrogens with one attached hydrogen (secondary N) is 4. The predicted octanol–water partition coefficient (Wildman–Crippen LogP) is 0.335. The normalized spacial score (nSPS) is 15.5. The highest BCUT2D eigenvalue weighted by atomic mass is 32.1. The van der Waals surface area contributed by atoms with Gasteiger partial charge in [-0.3, -0.25) is 19.2 Å². The minimum Gasteiger partial charge on any atom is -0.480 e. The van der Waals surface area contributed by atoms with Crippen LogP contribution in [0.2, 0.25) is 0 Å². The Hall–Kier alpha value is -1.99. The molecule has 0 saturated heterocycles. The van der Waals surface area contributed by atoms with Gasteiger partial charge in [0.2, 0.25) is 23.6 Å². The van der Waals surface area contributed by atoms with E-state index >= 15 is 0 Å². The molecule has 0 aromatic heterocycles. The molecule has 0 aliphatic heterocycles. The van der Waals surface area contributed by atoms with Crippen LogP contribution in [-0.2, 0) is 24.0 Å². The van der Waals surface area contributed by atoms with Crippen LogP contribution in [0.1, 0.15) is 60.8 Å². The highest BCUT2D eigenvalue weighted by Crippen LogP contribution is 2.11. The largest absolute Gasteiger partial charge is 0.480 e. The number of hydrogen-bond donors (Lipinski definition) is 8. The number of rotatable bonds is 17. The molecule has 11 nitrogen and oxygen atoms in total. The van der Waals surface area contributed by atoms with Crippen LogP contribution in [0, 0.1) is 17.8 Å². The van der Waals surface area contributed by atoms with Gasteiger partial charge in [0.25, 0.3) is 0 Å². The molecule has 0 aliphatic rings. The van der Waals surface area contributed by atoms with Gasteiger partial charge in [0, 0.05) is 11.5 Å². The lowest BCUT2D eigenvalue weighted by atomic mass is 9.98. The van der Waals surface area contributed by atoms with Gasteiger partial charge >= 0.3 is 5.97 Å². The van der Waals surface area contributed by atoms with Crippen LogP contribution in [0.25, 0.3) is 0 Å². The highest BCUT2D eigenvalue weighted by molar-refractivity contribution is 7.80. The number of thiol groups is 2. The van der Waals surface area contributed by atoms with Crippen molar-refractivity contribution in [2.75, 3.05) is 11.5 Å². The molecule has 0 bridgehead atoms. The number of carboxylic acids is 1. The van der Waals surface area contributed by atoms with Crippen LogP contribution in [0.15, 0.2) is 0 Å². The van der Waals surface area contributed by atoms with E-state index in [9.17, 15) is 29.1 Å². The first-order valence-electron chi connectivity index (χ1n) is 12.5. The SMILES string of the molecule is CC(C)C[C@H](NC(=O)[C@H](CC(C)C)NC(=O)[C@H](CC(C)C)NC(=O)[C@@H](N)CS)C(=O)N[C@@H](CS)C(=O)O. The lowest BCUT2D eigenvalue weighted by molar-refractivity contribution is -0.141. The second-order valence-corrected chi connectivity index (χ2v) is 11.2. The van der Waals surface area contributed by atoms with Crippen LogP contribution in [0.4, 0.5) is 0 Å². The van der Waals surface area contributed by atoms with Crippen molar-refractivity contribution in [3.05, 3.63) is 0 Å². The van der Waals surface area contributed by atoms with E-state index in [1.54, 1.807) is 0 Å². The molecule has 0 aromatic carbocycles. The van der Waals surface area contributed by atoms with Gasteiger partial charge in [0.1, 0.15) is 24.2 Å². The molecule has 0 fully saturated rings. The van der Waals surface area contributed by atoms with Crippen molar-refractivity contribution in [3.63, 3.8) is 0 Å². The summed E-state index contributed by atoms with van der Waals surface area (Å²) >= 11 is 7.98. The van der Waals surface area contributed by atoms with E-state index in [1.165, 1.54) is 0 Å². The lowest BCUT2D eigenvalue weighted by Gasteiger charge is -2.28. The maximum Gasteiger partial charge on any atom is 0.327 e. The van der Waals surface area contributed by atoms with Crippen molar-refractivity contribution in [2.24, 2.45) is 23.5 Å². The highest BCUT2D eigenvalue weighted by Gasteiger charge is 2.32. The van der Waals surface area contributed by atoms with Gasteiger partial charge in [0.05, 0.1) is 6.04 Å². The van der Waals surface area contributed by atoms with Crippen LogP contribution < -0.4 is 27.0 Å². The Morgan fingerprint density at radius 3 is 1.14 bits per heavy atom. The molecule has 214 valence electrons. The Balaban J connectivity index is 5.76. The zero-order valence-electron chi connectivity index (χ0n) is 22.6. The number of hydrogen-bond acceptors (Lipinski definition) is 8. The van der Waals surface area contributed by atoms with Crippen LogP contribution in [0.5, 0.6) is 0 Å². The summed E-state index contributed by atoms with van der Waals surface area (Å²) in [5.74, 6) is -3.45. The summed E-state index contributed by atoms with van der Waals surface area (Å²) in [7, 11) is 0. The third-order valence-electron chi connectivity index (χ3n) is 5.35.